The number of nitrogens with zero attached hydrogens (tertiary/aromatic N) is 1. The molecule has 6 nitrogen and oxygen atoms in total. The highest BCUT2D eigenvalue weighted by Gasteiger charge is 2.31. The summed E-state index contributed by atoms with van der Waals surface area (Å²) in [5.74, 6) is -0.227. The number of carbonyl (C=O) groups excluding carboxylic acids is 2. The van der Waals surface area contributed by atoms with Gasteiger partial charge in [0.1, 0.15) is 0 Å². The topological polar surface area (TPSA) is 73.5 Å². The molecule has 3 rings (SSSR count). The molecule has 1 heterocycles. The molecule has 2 aromatic carbocycles. The number of hydrogen-bond donors (Lipinski definition) is 3. The lowest BCUT2D eigenvalue weighted by molar-refractivity contribution is -0.133. The fraction of sp³-hybridized carbons (Fsp3) is 0.440. The summed E-state index contributed by atoms with van der Waals surface area (Å²) in [4.78, 5) is 27.9. The number of hydrogen-bond acceptors (Lipinski definition) is 4. The van der Waals surface area contributed by atoms with Crippen LogP contribution in [0.1, 0.15) is 42.6 Å². The smallest absolute Gasteiger partial charge is 0.251 e. The summed E-state index contributed by atoms with van der Waals surface area (Å²) < 4.78 is 0. The Morgan fingerprint density at radius 3 is 2.46 bits per heavy atom. The predicted octanol–water partition coefficient (Wildman–Crippen LogP) is 5.18. The van der Waals surface area contributed by atoms with Gasteiger partial charge in [-0.2, -0.15) is 0 Å². The van der Waals surface area contributed by atoms with E-state index in [2.05, 4.69) is 29.8 Å². The van der Waals surface area contributed by atoms with Gasteiger partial charge < -0.3 is 20.9 Å². The van der Waals surface area contributed by atoms with Crippen LogP contribution in [0.2, 0.25) is 20.1 Å². The highest BCUT2D eigenvalue weighted by molar-refractivity contribution is 6.42. The van der Waals surface area contributed by atoms with Crippen LogP contribution in [0, 0.1) is 0 Å². The number of carbonyl (C=O) groups is 2. The maximum Gasteiger partial charge on any atom is 0.251 e. The average Bonchev–Trinajstić information content (AvgIpc) is 2.92. The van der Waals surface area contributed by atoms with Gasteiger partial charge in [0, 0.05) is 47.3 Å². The zero-order valence-electron chi connectivity index (χ0n) is 19.7. The van der Waals surface area contributed by atoms with Crippen molar-refractivity contribution in [3.63, 3.8) is 0 Å². The molecule has 35 heavy (non-hydrogen) atoms. The standard InChI is InChI=1S/C25H30Cl4N4O2/c1-15(2)30-7-5-23-25(35)33(14-16-9-18(26)12-19(27)10-16)8-6-20(32-23)13-31-24(34)17-3-4-21(28)22(29)11-17/h3-4,9-12,15,20,23,30,32H,5-8,13-14H2,1-2H3,(H,31,34)/t20-,23-/m1/s1. The van der Waals surface area contributed by atoms with Crippen molar-refractivity contribution in [1.29, 1.82) is 0 Å². The quantitative estimate of drug-likeness (QED) is 0.396. The molecule has 0 radical (unpaired) electrons. The van der Waals surface area contributed by atoms with E-state index in [1.54, 1.807) is 24.3 Å². The van der Waals surface area contributed by atoms with Gasteiger partial charge >= 0.3 is 0 Å². The largest absolute Gasteiger partial charge is 0.350 e. The van der Waals surface area contributed by atoms with Gasteiger partial charge in [0.25, 0.3) is 5.91 Å². The van der Waals surface area contributed by atoms with Gasteiger partial charge in [-0.3, -0.25) is 9.59 Å². The van der Waals surface area contributed by atoms with E-state index in [1.165, 1.54) is 0 Å². The van der Waals surface area contributed by atoms with Crippen molar-refractivity contribution < 1.29 is 9.59 Å². The minimum atomic E-state index is -0.384. The summed E-state index contributed by atoms with van der Waals surface area (Å²) in [6.07, 6.45) is 1.30. The van der Waals surface area contributed by atoms with Gasteiger partial charge in [0.2, 0.25) is 5.91 Å². The molecule has 1 fully saturated rings. The second-order valence-electron chi connectivity index (χ2n) is 8.98. The van der Waals surface area contributed by atoms with Crippen LogP contribution in [-0.2, 0) is 11.3 Å². The molecule has 1 saturated heterocycles. The summed E-state index contributed by atoms with van der Waals surface area (Å²) in [7, 11) is 0. The molecule has 190 valence electrons. The van der Waals surface area contributed by atoms with E-state index in [9.17, 15) is 9.59 Å². The molecule has 3 N–H and O–H groups in total. The SMILES string of the molecule is CC(C)NCC[C@H]1N[C@@H](CNC(=O)c2ccc(Cl)c(Cl)c2)CCN(Cc2cc(Cl)cc(Cl)c2)C1=O. The van der Waals surface area contributed by atoms with Crippen molar-refractivity contribution in [2.45, 2.75) is 51.4 Å². The van der Waals surface area contributed by atoms with E-state index in [0.717, 1.165) is 5.56 Å². The summed E-state index contributed by atoms with van der Waals surface area (Å²) in [6.45, 7) is 6.16. The number of amides is 2. The number of benzene rings is 2. The number of nitrogens with one attached hydrogen (secondary N) is 3. The molecule has 0 bridgehead atoms. The molecule has 10 heteroatoms. The van der Waals surface area contributed by atoms with Crippen LogP contribution in [0.15, 0.2) is 36.4 Å². The molecule has 2 aromatic rings. The molecular formula is C25H30Cl4N4O2. The Balaban J connectivity index is 1.69. The Labute approximate surface area is 226 Å². The van der Waals surface area contributed by atoms with Gasteiger partial charge in [0.15, 0.2) is 0 Å². The summed E-state index contributed by atoms with van der Waals surface area (Å²) in [5.41, 5.74) is 1.31. The van der Waals surface area contributed by atoms with E-state index in [4.69, 9.17) is 46.4 Å². The summed E-state index contributed by atoms with van der Waals surface area (Å²) in [6, 6.07) is 9.94. The molecular weight excluding hydrogens is 530 g/mol. The Morgan fingerprint density at radius 2 is 1.80 bits per heavy atom. The monoisotopic (exact) mass is 558 g/mol. The zero-order valence-corrected chi connectivity index (χ0v) is 22.7. The third kappa shape index (κ3) is 8.52. The van der Waals surface area contributed by atoms with Crippen LogP contribution >= 0.6 is 46.4 Å². The lowest BCUT2D eigenvalue weighted by atomic mass is 10.1. The van der Waals surface area contributed by atoms with Crippen molar-refractivity contribution >= 4 is 58.2 Å². The average molecular weight is 560 g/mol. The molecule has 2 amide bonds. The summed E-state index contributed by atoms with van der Waals surface area (Å²) >= 11 is 24.3. The van der Waals surface area contributed by atoms with Gasteiger partial charge in [-0.05, 0) is 61.3 Å². The van der Waals surface area contributed by atoms with Crippen LogP contribution in [0.3, 0.4) is 0 Å². The number of halogens is 4. The molecule has 0 saturated carbocycles. The van der Waals surface area contributed by atoms with Gasteiger partial charge in [-0.1, -0.05) is 60.3 Å². The second-order valence-corrected chi connectivity index (χ2v) is 10.7. The van der Waals surface area contributed by atoms with Crippen molar-refractivity contribution in [3.8, 4) is 0 Å². The van der Waals surface area contributed by atoms with E-state index < -0.39 is 0 Å². The van der Waals surface area contributed by atoms with Crippen LogP contribution in [-0.4, -0.2) is 54.5 Å². The van der Waals surface area contributed by atoms with Crippen molar-refractivity contribution in [1.82, 2.24) is 20.9 Å². The van der Waals surface area contributed by atoms with E-state index in [-0.39, 0.29) is 23.9 Å². The highest BCUT2D eigenvalue weighted by atomic mass is 35.5. The molecule has 1 aliphatic heterocycles. The lowest BCUT2D eigenvalue weighted by Gasteiger charge is -2.25. The van der Waals surface area contributed by atoms with Crippen molar-refractivity contribution in [3.05, 3.63) is 67.6 Å². The molecule has 0 unspecified atom stereocenters. The third-order valence-corrected chi connectivity index (χ3v) is 6.94. The number of rotatable bonds is 9. The van der Waals surface area contributed by atoms with Crippen LogP contribution in [0.25, 0.3) is 0 Å². The first-order valence-electron chi connectivity index (χ1n) is 11.6. The Hall–Kier alpha value is -1.54. The first-order valence-corrected chi connectivity index (χ1v) is 13.1. The highest BCUT2D eigenvalue weighted by Crippen LogP contribution is 2.23. The molecule has 1 aliphatic rings. The summed E-state index contributed by atoms with van der Waals surface area (Å²) in [5, 5.41) is 11.6. The first-order chi connectivity index (χ1) is 16.6. The van der Waals surface area contributed by atoms with Crippen molar-refractivity contribution in [2.75, 3.05) is 19.6 Å². The van der Waals surface area contributed by atoms with E-state index in [1.807, 2.05) is 17.0 Å². The lowest BCUT2D eigenvalue weighted by Crippen LogP contribution is -2.49. The molecule has 0 aliphatic carbocycles. The fourth-order valence-electron chi connectivity index (χ4n) is 4.00. The second kappa shape index (κ2) is 13.1. The maximum atomic E-state index is 13.4. The van der Waals surface area contributed by atoms with Gasteiger partial charge in [-0.25, -0.2) is 0 Å². The van der Waals surface area contributed by atoms with Gasteiger partial charge in [0.05, 0.1) is 16.1 Å². The van der Waals surface area contributed by atoms with E-state index >= 15 is 0 Å². The third-order valence-electron chi connectivity index (χ3n) is 5.77. The van der Waals surface area contributed by atoms with E-state index in [0.29, 0.717) is 70.7 Å². The minimum absolute atomic E-state index is 0.0185. The van der Waals surface area contributed by atoms with Crippen LogP contribution in [0.4, 0.5) is 0 Å². The normalized spacial score (nSPS) is 18.6. The maximum absolute atomic E-state index is 13.4. The Morgan fingerprint density at radius 1 is 1.09 bits per heavy atom. The molecule has 0 spiro atoms. The van der Waals surface area contributed by atoms with Gasteiger partial charge in [-0.15, -0.1) is 0 Å². The van der Waals surface area contributed by atoms with Crippen LogP contribution in [0.5, 0.6) is 0 Å². The van der Waals surface area contributed by atoms with Crippen molar-refractivity contribution in [2.24, 2.45) is 0 Å². The van der Waals surface area contributed by atoms with Crippen LogP contribution < -0.4 is 16.0 Å². The molecule has 0 aromatic heterocycles. The Bertz CT molecular complexity index is 1030. The minimum Gasteiger partial charge on any atom is -0.350 e. The fourth-order valence-corrected chi connectivity index (χ4v) is 4.87. The zero-order chi connectivity index (χ0) is 25.5. The molecule has 2 atom stereocenters. The first kappa shape index (κ1) is 28.0. The predicted molar refractivity (Wildman–Crippen MR) is 144 cm³/mol. The Kier molecular flexibility index (Phi) is 10.5.